The molecule has 2 aromatic carbocycles. The summed E-state index contributed by atoms with van der Waals surface area (Å²) in [5.74, 6) is -0.579. The highest BCUT2D eigenvalue weighted by Gasteiger charge is 2.31. The van der Waals surface area contributed by atoms with E-state index in [9.17, 15) is 17.6 Å². The molecule has 0 bridgehead atoms. The summed E-state index contributed by atoms with van der Waals surface area (Å²) in [5.41, 5.74) is 1.88. The van der Waals surface area contributed by atoms with Crippen molar-refractivity contribution in [1.82, 2.24) is 4.72 Å². The minimum absolute atomic E-state index is 0.0317. The second-order valence-corrected chi connectivity index (χ2v) is 8.43. The van der Waals surface area contributed by atoms with E-state index < -0.39 is 10.0 Å². The lowest BCUT2D eigenvalue weighted by Crippen LogP contribution is -2.30. The Morgan fingerprint density at radius 1 is 1.28 bits per heavy atom. The van der Waals surface area contributed by atoms with Crippen LogP contribution >= 0.6 is 15.9 Å². The SMILES string of the molecule is CC(=O)N1CCc2cc(Br)cc(S(=O)(=O)NCc3ccc(F)cc3)c21. The first-order valence-electron chi connectivity index (χ1n) is 7.62. The van der Waals surface area contributed by atoms with Crippen LogP contribution in [0.5, 0.6) is 0 Å². The third kappa shape index (κ3) is 3.75. The molecule has 1 aliphatic rings. The summed E-state index contributed by atoms with van der Waals surface area (Å²) in [5, 5.41) is 0. The minimum atomic E-state index is -3.85. The second kappa shape index (κ2) is 6.86. The van der Waals surface area contributed by atoms with Crippen molar-refractivity contribution in [1.29, 1.82) is 0 Å². The minimum Gasteiger partial charge on any atom is -0.311 e. The molecule has 0 saturated carbocycles. The Labute approximate surface area is 154 Å². The van der Waals surface area contributed by atoms with Gasteiger partial charge in [-0.05, 0) is 41.8 Å². The highest BCUT2D eigenvalue weighted by Crippen LogP contribution is 2.37. The molecule has 1 N–H and O–H groups in total. The smallest absolute Gasteiger partial charge is 0.242 e. The first-order valence-corrected chi connectivity index (χ1v) is 9.90. The summed E-state index contributed by atoms with van der Waals surface area (Å²) in [6.07, 6.45) is 0.606. The van der Waals surface area contributed by atoms with Crippen LogP contribution in [0.4, 0.5) is 10.1 Å². The molecule has 1 amide bonds. The average Bonchev–Trinajstić information content (AvgIpc) is 2.97. The van der Waals surface area contributed by atoms with Gasteiger partial charge in [0, 0.05) is 24.5 Å². The van der Waals surface area contributed by atoms with E-state index in [2.05, 4.69) is 20.7 Å². The molecule has 0 saturated heterocycles. The number of hydrogen-bond donors (Lipinski definition) is 1. The van der Waals surface area contributed by atoms with Crippen LogP contribution in [0.15, 0.2) is 45.8 Å². The van der Waals surface area contributed by atoms with Crippen LogP contribution in [-0.4, -0.2) is 20.9 Å². The highest BCUT2D eigenvalue weighted by atomic mass is 79.9. The van der Waals surface area contributed by atoms with Gasteiger partial charge in [-0.2, -0.15) is 0 Å². The molecule has 1 aliphatic heterocycles. The summed E-state index contributed by atoms with van der Waals surface area (Å²) >= 11 is 3.33. The van der Waals surface area contributed by atoms with Crippen LogP contribution in [0.3, 0.4) is 0 Å². The number of carbonyl (C=O) groups is 1. The monoisotopic (exact) mass is 426 g/mol. The zero-order valence-corrected chi connectivity index (χ0v) is 15.8. The average molecular weight is 427 g/mol. The lowest BCUT2D eigenvalue weighted by molar-refractivity contribution is -0.116. The van der Waals surface area contributed by atoms with Crippen molar-refractivity contribution in [2.45, 2.75) is 24.8 Å². The molecule has 0 radical (unpaired) electrons. The van der Waals surface area contributed by atoms with Crippen molar-refractivity contribution in [3.8, 4) is 0 Å². The number of carbonyl (C=O) groups excluding carboxylic acids is 1. The third-order valence-electron chi connectivity index (χ3n) is 4.04. The molecule has 0 atom stereocenters. The van der Waals surface area contributed by atoms with Crippen LogP contribution < -0.4 is 9.62 Å². The van der Waals surface area contributed by atoms with Gasteiger partial charge in [-0.15, -0.1) is 0 Å². The fourth-order valence-corrected chi connectivity index (χ4v) is 4.79. The summed E-state index contributed by atoms with van der Waals surface area (Å²) in [7, 11) is -3.85. The maximum atomic E-state index is 13.0. The van der Waals surface area contributed by atoms with E-state index in [4.69, 9.17) is 0 Å². The standard InChI is InChI=1S/C17H16BrFN2O3S/c1-11(22)21-7-6-13-8-14(18)9-16(17(13)21)25(23,24)20-10-12-2-4-15(19)5-3-12/h2-5,8-9,20H,6-7,10H2,1H3. The molecule has 132 valence electrons. The first-order chi connectivity index (χ1) is 11.8. The van der Waals surface area contributed by atoms with E-state index >= 15 is 0 Å². The Morgan fingerprint density at radius 2 is 1.96 bits per heavy atom. The van der Waals surface area contributed by atoms with Gasteiger partial charge in [-0.1, -0.05) is 28.1 Å². The van der Waals surface area contributed by atoms with Gasteiger partial charge in [0.25, 0.3) is 0 Å². The van der Waals surface area contributed by atoms with E-state index in [1.807, 2.05) is 6.07 Å². The van der Waals surface area contributed by atoms with Gasteiger partial charge in [-0.3, -0.25) is 4.79 Å². The fourth-order valence-electron chi connectivity index (χ4n) is 2.85. The molecule has 8 heteroatoms. The van der Waals surface area contributed by atoms with Crippen molar-refractivity contribution in [2.24, 2.45) is 0 Å². The Balaban J connectivity index is 1.94. The van der Waals surface area contributed by atoms with Gasteiger partial charge in [0.15, 0.2) is 0 Å². The predicted molar refractivity (Wildman–Crippen MR) is 96.3 cm³/mol. The Kier molecular flexibility index (Phi) is 4.95. The molecule has 0 fully saturated rings. The lowest BCUT2D eigenvalue weighted by Gasteiger charge is -2.19. The summed E-state index contributed by atoms with van der Waals surface area (Å²) in [6, 6.07) is 8.91. The van der Waals surface area contributed by atoms with Gasteiger partial charge in [0.2, 0.25) is 15.9 Å². The lowest BCUT2D eigenvalue weighted by atomic mass is 10.2. The molecule has 5 nitrogen and oxygen atoms in total. The zero-order chi connectivity index (χ0) is 18.2. The second-order valence-electron chi connectivity index (χ2n) is 5.78. The van der Waals surface area contributed by atoms with Crippen LogP contribution in [0.1, 0.15) is 18.1 Å². The normalized spacial score (nSPS) is 13.8. The van der Waals surface area contributed by atoms with E-state index in [-0.39, 0.29) is 23.2 Å². The van der Waals surface area contributed by atoms with Crippen LogP contribution in [0.2, 0.25) is 0 Å². The number of amides is 1. The van der Waals surface area contributed by atoms with Crippen LogP contribution in [0, 0.1) is 5.82 Å². The highest BCUT2D eigenvalue weighted by molar-refractivity contribution is 9.10. The largest absolute Gasteiger partial charge is 0.311 e. The van der Waals surface area contributed by atoms with E-state index in [1.54, 1.807) is 0 Å². The number of benzene rings is 2. The van der Waals surface area contributed by atoms with Crippen molar-refractivity contribution in [2.75, 3.05) is 11.4 Å². The summed E-state index contributed by atoms with van der Waals surface area (Å²) in [6.45, 7) is 1.91. The number of sulfonamides is 1. The van der Waals surface area contributed by atoms with Crippen molar-refractivity contribution >= 4 is 37.5 Å². The van der Waals surface area contributed by atoms with E-state index in [1.165, 1.54) is 42.2 Å². The zero-order valence-electron chi connectivity index (χ0n) is 13.4. The van der Waals surface area contributed by atoms with E-state index in [0.29, 0.717) is 28.7 Å². The van der Waals surface area contributed by atoms with Crippen molar-refractivity contribution in [3.63, 3.8) is 0 Å². The van der Waals surface area contributed by atoms with E-state index in [0.717, 1.165) is 5.56 Å². The Bertz CT molecular complexity index is 930. The molecule has 0 aliphatic carbocycles. The Morgan fingerprint density at radius 3 is 2.60 bits per heavy atom. The number of fused-ring (bicyclic) bond motifs is 1. The van der Waals surface area contributed by atoms with Gasteiger partial charge in [0.1, 0.15) is 10.7 Å². The maximum absolute atomic E-state index is 13.0. The molecule has 25 heavy (non-hydrogen) atoms. The fraction of sp³-hybridized carbons (Fsp3) is 0.235. The summed E-state index contributed by atoms with van der Waals surface area (Å²) in [4.78, 5) is 13.4. The van der Waals surface area contributed by atoms with Gasteiger partial charge in [-0.25, -0.2) is 17.5 Å². The number of nitrogens with one attached hydrogen (secondary N) is 1. The quantitative estimate of drug-likeness (QED) is 0.816. The number of nitrogens with zero attached hydrogens (tertiary/aromatic N) is 1. The molecule has 0 aromatic heterocycles. The predicted octanol–water partition coefficient (Wildman–Crippen LogP) is 2.98. The molecule has 1 heterocycles. The molecular formula is C17H16BrFN2O3S. The molecule has 0 spiro atoms. The topological polar surface area (TPSA) is 66.5 Å². The molecule has 2 aromatic rings. The number of halogens is 2. The number of anilines is 1. The van der Waals surface area contributed by atoms with Crippen molar-refractivity contribution in [3.05, 3.63) is 57.8 Å². The molecule has 0 unspecified atom stereocenters. The first kappa shape index (κ1) is 18.0. The van der Waals surface area contributed by atoms with Crippen LogP contribution in [-0.2, 0) is 27.8 Å². The van der Waals surface area contributed by atoms with Crippen LogP contribution in [0.25, 0.3) is 0 Å². The van der Waals surface area contributed by atoms with Gasteiger partial charge < -0.3 is 4.90 Å². The maximum Gasteiger partial charge on any atom is 0.242 e. The Hall–Kier alpha value is -1.77. The molecular weight excluding hydrogens is 411 g/mol. The summed E-state index contributed by atoms with van der Waals surface area (Å²) < 4.78 is 41.7. The van der Waals surface area contributed by atoms with Crippen molar-refractivity contribution < 1.29 is 17.6 Å². The number of rotatable bonds is 4. The third-order valence-corrected chi connectivity index (χ3v) is 5.91. The van der Waals surface area contributed by atoms with Gasteiger partial charge >= 0.3 is 0 Å². The number of hydrogen-bond acceptors (Lipinski definition) is 3. The van der Waals surface area contributed by atoms with Gasteiger partial charge in [0.05, 0.1) is 5.69 Å². The molecule has 3 rings (SSSR count).